The third kappa shape index (κ3) is 1.86. The molecule has 2 heterocycles. The number of aliphatic hydroxyl groups is 1. The molecule has 76 valence electrons. The second-order valence-corrected chi connectivity index (χ2v) is 3.89. The van der Waals surface area contributed by atoms with Gasteiger partial charge in [-0.1, -0.05) is 0 Å². The van der Waals surface area contributed by atoms with Gasteiger partial charge in [0.1, 0.15) is 12.2 Å². The Labute approximate surface area is 77.8 Å². The molecule has 0 saturated carbocycles. The maximum Gasteiger partial charge on any atom is 0.161 e. The van der Waals surface area contributed by atoms with Crippen molar-refractivity contribution in [1.29, 1.82) is 0 Å². The molecule has 2 aliphatic rings. The maximum atomic E-state index is 9.45. The summed E-state index contributed by atoms with van der Waals surface area (Å²) in [7, 11) is 0. The van der Waals surface area contributed by atoms with E-state index in [2.05, 4.69) is 0 Å². The molecule has 0 spiro atoms. The highest BCUT2D eigenvalue weighted by Crippen LogP contribution is 2.31. The van der Waals surface area contributed by atoms with Crippen LogP contribution in [0.4, 0.5) is 0 Å². The molecule has 2 rings (SSSR count). The second-order valence-electron chi connectivity index (χ2n) is 3.89. The summed E-state index contributed by atoms with van der Waals surface area (Å²) in [5.41, 5.74) is 0. The number of ether oxygens (including phenoxy) is 3. The lowest BCUT2D eigenvalue weighted by atomic mass is 10.1. The summed E-state index contributed by atoms with van der Waals surface area (Å²) in [4.78, 5) is 0. The Balaban J connectivity index is 1.87. The van der Waals surface area contributed by atoms with Gasteiger partial charge in [-0.25, -0.2) is 0 Å². The summed E-state index contributed by atoms with van der Waals surface area (Å²) in [6, 6.07) is 0. The molecule has 4 heteroatoms. The summed E-state index contributed by atoms with van der Waals surface area (Å²) >= 11 is 0. The fourth-order valence-electron chi connectivity index (χ4n) is 1.85. The minimum absolute atomic E-state index is 0.0266. The van der Waals surface area contributed by atoms with E-state index < -0.39 is 6.10 Å². The van der Waals surface area contributed by atoms with E-state index in [-0.39, 0.29) is 24.6 Å². The quantitative estimate of drug-likeness (QED) is 0.676. The molecule has 4 atom stereocenters. The molecule has 2 fully saturated rings. The minimum Gasteiger partial charge on any atom is -0.388 e. The van der Waals surface area contributed by atoms with Gasteiger partial charge in [0.25, 0.3) is 0 Å². The van der Waals surface area contributed by atoms with Crippen molar-refractivity contribution >= 4 is 0 Å². The summed E-state index contributed by atoms with van der Waals surface area (Å²) in [6.45, 7) is 4.33. The van der Waals surface area contributed by atoms with Gasteiger partial charge in [-0.05, 0) is 13.8 Å². The first-order valence-corrected chi connectivity index (χ1v) is 4.77. The van der Waals surface area contributed by atoms with Crippen molar-refractivity contribution in [3.63, 3.8) is 0 Å². The predicted octanol–water partition coefficient (Wildman–Crippen LogP) is 0.286. The third-order valence-electron chi connectivity index (χ3n) is 2.38. The zero-order valence-electron chi connectivity index (χ0n) is 7.97. The van der Waals surface area contributed by atoms with Crippen molar-refractivity contribution in [2.24, 2.45) is 0 Å². The summed E-state index contributed by atoms with van der Waals surface area (Å²) in [5, 5.41) is 9.45. The first kappa shape index (κ1) is 9.40. The molecule has 4 nitrogen and oxygen atoms in total. The molecule has 2 saturated heterocycles. The van der Waals surface area contributed by atoms with Crippen LogP contribution in [0.15, 0.2) is 0 Å². The van der Waals surface area contributed by atoms with Crippen molar-refractivity contribution in [3.8, 4) is 0 Å². The Morgan fingerprint density at radius 2 is 2.23 bits per heavy atom. The first-order chi connectivity index (χ1) is 6.16. The molecule has 0 aromatic carbocycles. The monoisotopic (exact) mass is 188 g/mol. The summed E-state index contributed by atoms with van der Waals surface area (Å²) in [5.74, 6) is 0. The van der Waals surface area contributed by atoms with Gasteiger partial charge < -0.3 is 19.3 Å². The van der Waals surface area contributed by atoms with Crippen LogP contribution in [-0.2, 0) is 14.2 Å². The number of hydrogen-bond donors (Lipinski definition) is 1. The highest BCUT2D eigenvalue weighted by molar-refractivity contribution is 4.90. The number of rotatable bonds is 2. The van der Waals surface area contributed by atoms with Crippen LogP contribution in [0.2, 0.25) is 0 Å². The van der Waals surface area contributed by atoms with E-state index >= 15 is 0 Å². The molecule has 0 aliphatic carbocycles. The molecule has 0 bridgehead atoms. The van der Waals surface area contributed by atoms with E-state index in [1.54, 1.807) is 0 Å². The van der Waals surface area contributed by atoms with Crippen molar-refractivity contribution in [3.05, 3.63) is 0 Å². The van der Waals surface area contributed by atoms with E-state index in [1.165, 1.54) is 0 Å². The maximum absolute atomic E-state index is 9.45. The Morgan fingerprint density at radius 3 is 2.85 bits per heavy atom. The van der Waals surface area contributed by atoms with Gasteiger partial charge in [0.05, 0.1) is 18.8 Å². The average Bonchev–Trinajstić information content (AvgIpc) is 2.53. The molecule has 0 amide bonds. The molecule has 4 unspecified atom stereocenters. The highest BCUT2D eigenvalue weighted by Gasteiger charge is 2.45. The van der Waals surface area contributed by atoms with Crippen molar-refractivity contribution in [1.82, 2.24) is 0 Å². The average molecular weight is 188 g/mol. The van der Waals surface area contributed by atoms with Crippen molar-refractivity contribution in [2.45, 2.75) is 51.0 Å². The van der Waals surface area contributed by atoms with Crippen LogP contribution in [0.25, 0.3) is 0 Å². The molecule has 13 heavy (non-hydrogen) atoms. The fourth-order valence-corrected chi connectivity index (χ4v) is 1.85. The van der Waals surface area contributed by atoms with Crippen LogP contribution in [0.1, 0.15) is 20.3 Å². The van der Waals surface area contributed by atoms with Gasteiger partial charge >= 0.3 is 0 Å². The SMILES string of the molecule is CC(C)OC1CC2OCC(O)C2O1. The zero-order valence-corrected chi connectivity index (χ0v) is 7.97. The van der Waals surface area contributed by atoms with Crippen molar-refractivity contribution in [2.75, 3.05) is 6.61 Å². The largest absolute Gasteiger partial charge is 0.388 e. The summed E-state index contributed by atoms with van der Waals surface area (Å²) in [6.07, 6.45) is 0.0547. The van der Waals surface area contributed by atoms with Gasteiger partial charge in [0.2, 0.25) is 0 Å². The van der Waals surface area contributed by atoms with Crippen LogP contribution in [0.5, 0.6) is 0 Å². The number of hydrogen-bond acceptors (Lipinski definition) is 4. The van der Waals surface area contributed by atoms with Crippen molar-refractivity contribution < 1.29 is 19.3 Å². The van der Waals surface area contributed by atoms with Gasteiger partial charge in [0, 0.05) is 6.42 Å². The molecule has 1 N–H and O–H groups in total. The molecule has 0 aromatic heterocycles. The van der Waals surface area contributed by atoms with Crippen LogP contribution in [0.3, 0.4) is 0 Å². The standard InChI is InChI=1S/C9H16O4/c1-5(2)12-8-3-7-9(13-8)6(10)4-11-7/h5-10H,3-4H2,1-2H3. The van der Waals surface area contributed by atoms with E-state index in [1.807, 2.05) is 13.8 Å². The molecular formula is C9H16O4. The van der Waals surface area contributed by atoms with Crippen LogP contribution in [-0.4, -0.2) is 42.4 Å². The molecule has 2 aliphatic heterocycles. The predicted molar refractivity (Wildman–Crippen MR) is 45.2 cm³/mol. The molecule has 0 aromatic rings. The third-order valence-corrected chi connectivity index (χ3v) is 2.38. The van der Waals surface area contributed by atoms with E-state index in [0.717, 1.165) is 6.42 Å². The number of fused-ring (bicyclic) bond motifs is 1. The first-order valence-electron chi connectivity index (χ1n) is 4.77. The summed E-state index contributed by atoms with van der Waals surface area (Å²) < 4.78 is 16.3. The lowest BCUT2D eigenvalue weighted by Gasteiger charge is -2.17. The van der Waals surface area contributed by atoms with E-state index in [4.69, 9.17) is 14.2 Å². The topological polar surface area (TPSA) is 47.9 Å². The van der Waals surface area contributed by atoms with Gasteiger partial charge in [-0.15, -0.1) is 0 Å². The molecular weight excluding hydrogens is 172 g/mol. The van der Waals surface area contributed by atoms with Crippen LogP contribution >= 0.6 is 0 Å². The van der Waals surface area contributed by atoms with Gasteiger partial charge in [-0.2, -0.15) is 0 Å². The van der Waals surface area contributed by atoms with Gasteiger partial charge in [-0.3, -0.25) is 0 Å². The zero-order chi connectivity index (χ0) is 9.42. The van der Waals surface area contributed by atoms with Crippen LogP contribution < -0.4 is 0 Å². The van der Waals surface area contributed by atoms with E-state index in [9.17, 15) is 5.11 Å². The highest BCUT2D eigenvalue weighted by atomic mass is 16.7. The number of aliphatic hydroxyl groups excluding tert-OH is 1. The second kappa shape index (κ2) is 3.53. The lowest BCUT2D eigenvalue weighted by Crippen LogP contribution is -2.28. The fraction of sp³-hybridized carbons (Fsp3) is 1.00. The smallest absolute Gasteiger partial charge is 0.161 e. The van der Waals surface area contributed by atoms with Crippen LogP contribution in [0, 0.1) is 0 Å². The van der Waals surface area contributed by atoms with E-state index in [0.29, 0.717) is 6.61 Å². The lowest BCUT2D eigenvalue weighted by molar-refractivity contribution is -0.167. The Kier molecular flexibility index (Phi) is 2.55. The Hall–Kier alpha value is -0.160. The molecule has 0 radical (unpaired) electrons. The van der Waals surface area contributed by atoms with Gasteiger partial charge in [0.15, 0.2) is 6.29 Å². The minimum atomic E-state index is -0.481. The Bertz CT molecular complexity index is 182. The normalized spacial score (nSPS) is 44.3. The Morgan fingerprint density at radius 1 is 1.46 bits per heavy atom.